The molecule has 2 heterocycles. The summed E-state index contributed by atoms with van der Waals surface area (Å²) in [5.74, 6) is 0.763. The van der Waals surface area contributed by atoms with Crippen molar-refractivity contribution in [2.75, 3.05) is 11.1 Å². The second-order valence-corrected chi connectivity index (χ2v) is 6.76. The first-order chi connectivity index (χ1) is 11.1. The van der Waals surface area contributed by atoms with E-state index in [1.807, 2.05) is 29.8 Å². The van der Waals surface area contributed by atoms with Crippen LogP contribution in [-0.4, -0.2) is 31.4 Å². The number of benzene rings is 1. The molecule has 0 spiro atoms. The molecule has 0 bridgehead atoms. The van der Waals surface area contributed by atoms with Gasteiger partial charge in [0.25, 0.3) is 0 Å². The van der Waals surface area contributed by atoms with Gasteiger partial charge in [0.2, 0.25) is 5.91 Å². The van der Waals surface area contributed by atoms with Crippen LogP contribution >= 0.6 is 34.7 Å². The van der Waals surface area contributed by atoms with Crippen molar-refractivity contribution in [2.45, 2.75) is 5.16 Å². The van der Waals surface area contributed by atoms with Crippen LogP contribution in [0.3, 0.4) is 0 Å². The van der Waals surface area contributed by atoms with Crippen LogP contribution in [0.25, 0.3) is 11.4 Å². The zero-order chi connectivity index (χ0) is 16.2. The van der Waals surface area contributed by atoms with E-state index in [4.69, 9.17) is 11.6 Å². The summed E-state index contributed by atoms with van der Waals surface area (Å²) in [6, 6.07) is 7.45. The Morgan fingerprint density at radius 1 is 1.39 bits per heavy atom. The molecule has 0 aliphatic rings. The van der Waals surface area contributed by atoms with Gasteiger partial charge in [0, 0.05) is 24.2 Å². The highest BCUT2D eigenvalue weighted by molar-refractivity contribution is 7.99. The summed E-state index contributed by atoms with van der Waals surface area (Å²) in [4.78, 5) is 15.9. The lowest BCUT2D eigenvalue weighted by molar-refractivity contribution is -0.113. The molecule has 1 aromatic carbocycles. The Morgan fingerprint density at radius 2 is 2.22 bits per heavy atom. The number of anilines is 1. The number of thiazole rings is 1. The molecular formula is C14H12ClN5OS2. The minimum absolute atomic E-state index is 0.132. The van der Waals surface area contributed by atoms with E-state index in [1.165, 1.54) is 23.1 Å². The Balaban J connectivity index is 1.68. The number of halogens is 1. The van der Waals surface area contributed by atoms with E-state index >= 15 is 0 Å². The number of rotatable bonds is 5. The molecule has 3 aromatic rings. The predicted octanol–water partition coefficient (Wildman–Crippen LogP) is 3.32. The molecule has 0 aliphatic heterocycles. The van der Waals surface area contributed by atoms with Crippen LogP contribution in [0.1, 0.15) is 0 Å². The van der Waals surface area contributed by atoms with Gasteiger partial charge in [-0.05, 0) is 12.1 Å². The maximum Gasteiger partial charge on any atom is 0.236 e. The van der Waals surface area contributed by atoms with Crippen molar-refractivity contribution < 1.29 is 4.79 Å². The lowest BCUT2D eigenvalue weighted by Crippen LogP contribution is -2.14. The van der Waals surface area contributed by atoms with Crippen LogP contribution < -0.4 is 5.32 Å². The topological polar surface area (TPSA) is 72.7 Å². The molecule has 2 aromatic heterocycles. The highest BCUT2D eigenvalue weighted by atomic mass is 35.5. The van der Waals surface area contributed by atoms with Gasteiger partial charge in [0.1, 0.15) is 0 Å². The summed E-state index contributed by atoms with van der Waals surface area (Å²) >= 11 is 8.88. The summed E-state index contributed by atoms with van der Waals surface area (Å²) in [6.45, 7) is 0. The molecular weight excluding hydrogens is 354 g/mol. The Labute approximate surface area is 145 Å². The molecule has 1 amide bonds. The standard InChI is InChI=1S/C14H12ClN5OS2/c1-20-12(9-4-2-3-5-10(9)15)18-19-14(20)23-8-11(21)17-13-16-6-7-22-13/h2-7H,8H2,1H3,(H,16,17,21). The fourth-order valence-electron chi connectivity index (χ4n) is 1.89. The summed E-state index contributed by atoms with van der Waals surface area (Å²) in [7, 11) is 1.85. The Morgan fingerprint density at radius 3 is 2.96 bits per heavy atom. The monoisotopic (exact) mass is 365 g/mol. The van der Waals surface area contributed by atoms with Crippen molar-refractivity contribution >= 4 is 45.7 Å². The fourth-order valence-corrected chi connectivity index (χ4v) is 3.36. The van der Waals surface area contributed by atoms with Gasteiger partial charge >= 0.3 is 0 Å². The van der Waals surface area contributed by atoms with Crippen molar-refractivity contribution in [3.63, 3.8) is 0 Å². The number of thioether (sulfide) groups is 1. The van der Waals surface area contributed by atoms with Crippen LogP contribution in [0.4, 0.5) is 5.13 Å². The van der Waals surface area contributed by atoms with Crippen molar-refractivity contribution in [3.8, 4) is 11.4 Å². The molecule has 0 fully saturated rings. The smallest absolute Gasteiger partial charge is 0.236 e. The van der Waals surface area contributed by atoms with Crippen LogP contribution in [0.5, 0.6) is 0 Å². The molecule has 0 unspecified atom stereocenters. The molecule has 1 N–H and O–H groups in total. The molecule has 0 aliphatic carbocycles. The highest BCUT2D eigenvalue weighted by Crippen LogP contribution is 2.28. The number of aromatic nitrogens is 4. The van der Waals surface area contributed by atoms with E-state index in [9.17, 15) is 4.79 Å². The predicted molar refractivity (Wildman–Crippen MR) is 92.9 cm³/mol. The zero-order valence-electron chi connectivity index (χ0n) is 12.1. The normalized spacial score (nSPS) is 10.7. The van der Waals surface area contributed by atoms with Gasteiger partial charge in [-0.1, -0.05) is 35.5 Å². The molecule has 0 radical (unpaired) electrons. The van der Waals surface area contributed by atoms with Crippen LogP contribution in [0.2, 0.25) is 5.02 Å². The van der Waals surface area contributed by atoms with Gasteiger partial charge in [-0.2, -0.15) is 0 Å². The second kappa shape index (κ2) is 7.12. The largest absolute Gasteiger partial charge is 0.305 e. The maximum atomic E-state index is 11.9. The third-order valence-electron chi connectivity index (χ3n) is 2.96. The molecule has 6 nitrogen and oxygen atoms in total. The molecule has 9 heteroatoms. The minimum Gasteiger partial charge on any atom is -0.305 e. The van der Waals surface area contributed by atoms with Gasteiger partial charge < -0.3 is 9.88 Å². The van der Waals surface area contributed by atoms with E-state index in [-0.39, 0.29) is 11.7 Å². The third kappa shape index (κ3) is 3.72. The number of hydrogen-bond acceptors (Lipinski definition) is 6. The van der Waals surface area contributed by atoms with Crippen LogP contribution in [0.15, 0.2) is 41.0 Å². The lowest BCUT2D eigenvalue weighted by Gasteiger charge is -2.05. The summed E-state index contributed by atoms with van der Waals surface area (Å²) in [5, 5.41) is 14.7. The number of amides is 1. The Hall–Kier alpha value is -1.90. The van der Waals surface area contributed by atoms with Gasteiger partial charge in [0.05, 0.1) is 10.8 Å². The van der Waals surface area contributed by atoms with Gasteiger partial charge in [-0.15, -0.1) is 21.5 Å². The van der Waals surface area contributed by atoms with Crippen LogP contribution in [0, 0.1) is 0 Å². The van der Waals surface area contributed by atoms with Gasteiger partial charge in [0.15, 0.2) is 16.1 Å². The van der Waals surface area contributed by atoms with Crippen molar-refractivity contribution in [1.82, 2.24) is 19.7 Å². The molecule has 0 saturated carbocycles. The average Bonchev–Trinajstić information content (AvgIpc) is 3.16. The zero-order valence-corrected chi connectivity index (χ0v) is 14.5. The first-order valence-electron chi connectivity index (χ1n) is 6.61. The number of nitrogens with zero attached hydrogens (tertiary/aromatic N) is 4. The first kappa shape index (κ1) is 16.0. The first-order valence-corrected chi connectivity index (χ1v) is 8.86. The Kier molecular flexibility index (Phi) is 4.94. The maximum absolute atomic E-state index is 11.9. The molecule has 0 saturated heterocycles. The Bertz CT molecular complexity index is 818. The summed E-state index contributed by atoms with van der Waals surface area (Å²) < 4.78 is 1.82. The van der Waals surface area contributed by atoms with E-state index < -0.39 is 0 Å². The quantitative estimate of drug-likeness (QED) is 0.702. The second-order valence-electron chi connectivity index (χ2n) is 4.52. The van der Waals surface area contributed by atoms with E-state index in [1.54, 1.807) is 17.6 Å². The van der Waals surface area contributed by atoms with Gasteiger partial charge in [-0.25, -0.2) is 4.98 Å². The van der Waals surface area contributed by atoms with Crippen molar-refractivity contribution in [1.29, 1.82) is 0 Å². The molecule has 118 valence electrons. The average molecular weight is 366 g/mol. The number of carbonyl (C=O) groups excluding carboxylic acids is 1. The number of carbonyl (C=O) groups is 1. The molecule has 23 heavy (non-hydrogen) atoms. The number of hydrogen-bond donors (Lipinski definition) is 1. The SMILES string of the molecule is Cn1c(SCC(=O)Nc2nccs2)nnc1-c1ccccc1Cl. The van der Waals surface area contributed by atoms with E-state index in [2.05, 4.69) is 20.5 Å². The summed E-state index contributed by atoms with van der Waals surface area (Å²) in [6.07, 6.45) is 1.64. The fraction of sp³-hybridized carbons (Fsp3) is 0.143. The minimum atomic E-state index is -0.132. The molecule has 3 rings (SSSR count). The highest BCUT2D eigenvalue weighted by Gasteiger charge is 2.15. The van der Waals surface area contributed by atoms with Crippen molar-refractivity contribution in [2.24, 2.45) is 7.05 Å². The third-order valence-corrected chi connectivity index (χ3v) is 5.00. The lowest BCUT2D eigenvalue weighted by atomic mass is 10.2. The van der Waals surface area contributed by atoms with E-state index in [0.717, 1.165) is 5.56 Å². The molecule has 0 atom stereocenters. The van der Waals surface area contributed by atoms with Crippen molar-refractivity contribution in [3.05, 3.63) is 40.9 Å². The van der Waals surface area contributed by atoms with Crippen LogP contribution in [-0.2, 0) is 11.8 Å². The number of nitrogens with one attached hydrogen (secondary N) is 1. The summed E-state index contributed by atoms with van der Waals surface area (Å²) in [5.41, 5.74) is 0.809. The van der Waals surface area contributed by atoms with Gasteiger partial charge in [-0.3, -0.25) is 4.79 Å². The van der Waals surface area contributed by atoms with E-state index in [0.29, 0.717) is 21.1 Å².